The SMILES string of the molecule is COc1cccnc1C(=O)C(=O)O. The number of carbonyl (C=O) groups is 2. The maximum absolute atomic E-state index is 11.0. The van der Waals surface area contributed by atoms with Gasteiger partial charge in [-0.05, 0) is 12.1 Å². The minimum Gasteiger partial charge on any atom is -0.494 e. The predicted molar refractivity (Wildman–Crippen MR) is 42.8 cm³/mol. The Hall–Kier alpha value is -1.91. The molecule has 0 aliphatic heterocycles. The summed E-state index contributed by atoms with van der Waals surface area (Å²) in [5.74, 6) is -2.45. The zero-order chi connectivity index (χ0) is 9.84. The Labute approximate surface area is 74.0 Å². The van der Waals surface area contributed by atoms with Crippen molar-refractivity contribution in [2.75, 3.05) is 7.11 Å². The monoisotopic (exact) mass is 181 g/mol. The smallest absolute Gasteiger partial charge is 0.379 e. The van der Waals surface area contributed by atoms with Crippen LogP contribution in [0, 0.1) is 0 Å². The molecule has 5 heteroatoms. The van der Waals surface area contributed by atoms with Crippen molar-refractivity contribution < 1.29 is 19.4 Å². The fourth-order valence-corrected chi connectivity index (χ4v) is 0.827. The zero-order valence-corrected chi connectivity index (χ0v) is 6.85. The lowest BCUT2D eigenvalue weighted by Gasteiger charge is -2.02. The van der Waals surface area contributed by atoms with Crippen LogP contribution in [-0.2, 0) is 4.79 Å². The fourth-order valence-electron chi connectivity index (χ4n) is 0.827. The van der Waals surface area contributed by atoms with E-state index in [1.807, 2.05) is 0 Å². The van der Waals surface area contributed by atoms with Crippen LogP contribution in [0.15, 0.2) is 18.3 Å². The van der Waals surface area contributed by atoms with Crippen LogP contribution in [0.2, 0.25) is 0 Å². The van der Waals surface area contributed by atoms with Gasteiger partial charge < -0.3 is 9.84 Å². The molecule has 0 amide bonds. The topological polar surface area (TPSA) is 76.5 Å². The van der Waals surface area contributed by atoms with Crippen molar-refractivity contribution in [2.45, 2.75) is 0 Å². The number of ketones is 1. The molecular formula is C8H7NO4. The molecular weight excluding hydrogens is 174 g/mol. The van der Waals surface area contributed by atoms with E-state index in [1.165, 1.54) is 19.4 Å². The van der Waals surface area contributed by atoms with Gasteiger partial charge in [0.15, 0.2) is 5.69 Å². The summed E-state index contributed by atoms with van der Waals surface area (Å²) in [6.07, 6.45) is 1.33. The Kier molecular flexibility index (Phi) is 2.59. The van der Waals surface area contributed by atoms with E-state index < -0.39 is 11.8 Å². The molecule has 1 N–H and O–H groups in total. The zero-order valence-electron chi connectivity index (χ0n) is 6.85. The van der Waals surface area contributed by atoms with Crippen molar-refractivity contribution in [3.63, 3.8) is 0 Å². The van der Waals surface area contributed by atoms with Crippen LogP contribution in [0.3, 0.4) is 0 Å². The van der Waals surface area contributed by atoms with Crippen LogP contribution in [0.4, 0.5) is 0 Å². The molecule has 0 spiro atoms. The standard InChI is InChI=1S/C8H7NO4/c1-13-5-3-2-4-9-6(5)7(10)8(11)12/h2-4H,1H3,(H,11,12). The minimum absolute atomic E-state index is 0.162. The van der Waals surface area contributed by atoms with Crippen LogP contribution >= 0.6 is 0 Å². The number of Topliss-reactive ketones (excluding diaryl/α,β-unsaturated/α-hetero) is 1. The Balaban J connectivity index is 3.13. The molecule has 1 aromatic rings. The Bertz CT molecular complexity index is 348. The predicted octanol–water partition coefficient (Wildman–Crippen LogP) is 0.357. The molecule has 0 unspecified atom stereocenters. The third kappa shape index (κ3) is 1.81. The van der Waals surface area contributed by atoms with E-state index in [4.69, 9.17) is 9.84 Å². The summed E-state index contributed by atoms with van der Waals surface area (Å²) in [7, 11) is 1.34. The van der Waals surface area contributed by atoms with Crippen LogP contribution in [-0.4, -0.2) is 29.0 Å². The lowest BCUT2D eigenvalue weighted by Crippen LogP contribution is -2.15. The lowest BCUT2D eigenvalue weighted by atomic mass is 10.2. The first-order valence-corrected chi connectivity index (χ1v) is 3.43. The Morgan fingerprint density at radius 2 is 2.23 bits per heavy atom. The second-order valence-corrected chi connectivity index (χ2v) is 2.19. The molecule has 0 aliphatic carbocycles. The van der Waals surface area contributed by atoms with E-state index in [1.54, 1.807) is 6.07 Å². The molecule has 0 aromatic carbocycles. The van der Waals surface area contributed by atoms with E-state index in [2.05, 4.69) is 4.98 Å². The summed E-state index contributed by atoms with van der Waals surface area (Å²) < 4.78 is 4.77. The maximum atomic E-state index is 11.0. The van der Waals surface area contributed by atoms with Crippen molar-refractivity contribution >= 4 is 11.8 Å². The Morgan fingerprint density at radius 3 is 2.77 bits per heavy atom. The molecule has 0 fully saturated rings. The lowest BCUT2D eigenvalue weighted by molar-refractivity contribution is -0.131. The number of carbonyl (C=O) groups excluding carboxylic acids is 1. The molecule has 0 aliphatic rings. The van der Waals surface area contributed by atoms with Gasteiger partial charge in [0.2, 0.25) is 0 Å². The largest absolute Gasteiger partial charge is 0.494 e. The molecule has 1 rings (SSSR count). The number of rotatable bonds is 3. The summed E-state index contributed by atoms with van der Waals surface area (Å²) in [6, 6.07) is 3.03. The summed E-state index contributed by atoms with van der Waals surface area (Å²) in [4.78, 5) is 24.9. The summed E-state index contributed by atoms with van der Waals surface area (Å²) in [5, 5.41) is 8.41. The van der Waals surface area contributed by atoms with Gasteiger partial charge in [0.1, 0.15) is 5.75 Å². The van der Waals surface area contributed by atoms with Gasteiger partial charge in [0, 0.05) is 6.20 Å². The minimum atomic E-state index is -1.54. The first kappa shape index (κ1) is 9.18. The van der Waals surface area contributed by atoms with Gasteiger partial charge in [-0.2, -0.15) is 0 Å². The number of aliphatic carboxylic acids is 1. The first-order chi connectivity index (χ1) is 6.16. The highest BCUT2D eigenvalue weighted by molar-refractivity contribution is 6.39. The van der Waals surface area contributed by atoms with Crippen molar-refractivity contribution in [3.05, 3.63) is 24.0 Å². The normalized spacial score (nSPS) is 9.31. The van der Waals surface area contributed by atoms with Crippen molar-refractivity contribution in [2.24, 2.45) is 0 Å². The number of carboxylic acids is 1. The molecule has 0 saturated carbocycles. The van der Waals surface area contributed by atoms with Gasteiger partial charge in [-0.1, -0.05) is 0 Å². The fraction of sp³-hybridized carbons (Fsp3) is 0.125. The van der Waals surface area contributed by atoms with Crippen molar-refractivity contribution in [1.82, 2.24) is 4.98 Å². The highest BCUT2D eigenvalue weighted by atomic mass is 16.5. The van der Waals surface area contributed by atoms with Crippen molar-refractivity contribution in [3.8, 4) is 5.75 Å². The van der Waals surface area contributed by atoms with E-state index in [0.717, 1.165) is 0 Å². The number of aromatic nitrogens is 1. The third-order valence-corrected chi connectivity index (χ3v) is 1.40. The average Bonchev–Trinajstić information content (AvgIpc) is 2.16. The van der Waals surface area contributed by atoms with Crippen LogP contribution in [0.5, 0.6) is 5.75 Å². The number of hydrogen-bond donors (Lipinski definition) is 1. The average molecular weight is 181 g/mol. The molecule has 0 radical (unpaired) electrons. The molecule has 0 atom stereocenters. The van der Waals surface area contributed by atoms with E-state index in [9.17, 15) is 9.59 Å². The van der Waals surface area contributed by atoms with Gasteiger partial charge in [-0.25, -0.2) is 9.78 Å². The number of pyridine rings is 1. The van der Waals surface area contributed by atoms with Gasteiger partial charge in [-0.15, -0.1) is 0 Å². The number of ether oxygens (including phenoxy) is 1. The summed E-state index contributed by atoms with van der Waals surface area (Å²) >= 11 is 0. The number of hydrogen-bond acceptors (Lipinski definition) is 4. The molecule has 0 bridgehead atoms. The van der Waals surface area contributed by atoms with Gasteiger partial charge in [0.05, 0.1) is 7.11 Å². The highest BCUT2D eigenvalue weighted by Crippen LogP contribution is 2.14. The molecule has 68 valence electrons. The summed E-state index contributed by atoms with van der Waals surface area (Å²) in [6.45, 7) is 0. The van der Waals surface area contributed by atoms with Crippen molar-refractivity contribution in [1.29, 1.82) is 0 Å². The number of carboxylic acid groups (broad SMARTS) is 1. The van der Waals surface area contributed by atoms with Gasteiger partial charge in [-0.3, -0.25) is 4.79 Å². The highest BCUT2D eigenvalue weighted by Gasteiger charge is 2.20. The van der Waals surface area contributed by atoms with Crippen LogP contribution < -0.4 is 4.74 Å². The molecule has 13 heavy (non-hydrogen) atoms. The molecule has 1 heterocycles. The quantitative estimate of drug-likeness (QED) is 0.538. The molecule has 5 nitrogen and oxygen atoms in total. The second kappa shape index (κ2) is 3.66. The van der Waals surface area contributed by atoms with E-state index >= 15 is 0 Å². The number of nitrogens with zero attached hydrogens (tertiary/aromatic N) is 1. The van der Waals surface area contributed by atoms with E-state index in [0.29, 0.717) is 0 Å². The van der Waals surface area contributed by atoms with Crippen LogP contribution in [0.25, 0.3) is 0 Å². The van der Waals surface area contributed by atoms with Gasteiger partial charge >= 0.3 is 5.97 Å². The van der Waals surface area contributed by atoms with Crippen LogP contribution in [0.1, 0.15) is 10.5 Å². The third-order valence-electron chi connectivity index (χ3n) is 1.40. The second-order valence-electron chi connectivity index (χ2n) is 2.19. The van der Waals surface area contributed by atoms with Gasteiger partial charge in [0.25, 0.3) is 5.78 Å². The maximum Gasteiger partial charge on any atom is 0.379 e. The van der Waals surface area contributed by atoms with E-state index in [-0.39, 0.29) is 11.4 Å². The first-order valence-electron chi connectivity index (χ1n) is 3.43. The Morgan fingerprint density at radius 1 is 1.54 bits per heavy atom. The molecule has 1 aromatic heterocycles. The molecule has 0 saturated heterocycles. The number of methoxy groups -OCH3 is 1. The summed E-state index contributed by atoms with van der Waals surface area (Å²) in [5.41, 5.74) is -0.183.